The number of aryl methyl sites for hydroxylation is 1. The number of rotatable bonds is 5. The summed E-state index contributed by atoms with van der Waals surface area (Å²) in [6.45, 7) is 3.29. The number of hydrogen-bond donors (Lipinski definition) is 2. The molecule has 0 radical (unpaired) electrons. The largest absolute Gasteiger partial charge is 0.475 e. The van der Waals surface area contributed by atoms with Gasteiger partial charge in [0.1, 0.15) is 10.7 Å². The summed E-state index contributed by atoms with van der Waals surface area (Å²) < 4.78 is 32.2. The van der Waals surface area contributed by atoms with Crippen LogP contribution in [0.25, 0.3) is 0 Å². The maximum atomic E-state index is 12.3. The summed E-state index contributed by atoms with van der Waals surface area (Å²) in [6.07, 6.45) is 4.30. The van der Waals surface area contributed by atoms with Gasteiger partial charge in [0, 0.05) is 12.1 Å². The van der Waals surface area contributed by atoms with Gasteiger partial charge in [-0.05, 0) is 32.6 Å². The quantitative estimate of drug-likeness (QED) is 0.868. The SMILES string of the molecule is Cc1oc(C(=O)O)cc1S(=O)(=O)N[C@H](C)C1CCCC1. The Kier molecular flexibility index (Phi) is 4.19. The van der Waals surface area contributed by atoms with Crippen LogP contribution in [-0.4, -0.2) is 25.5 Å². The molecule has 0 unspecified atom stereocenters. The van der Waals surface area contributed by atoms with Crippen molar-refractivity contribution >= 4 is 16.0 Å². The fraction of sp³-hybridized carbons (Fsp3) is 0.615. The summed E-state index contributed by atoms with van der Waals surface area (Å²) in [5.74, 6) is -1.21. The number of aromatic carboxylic acids is 1. The van der Waals surface area contributed by atoms with Crippen LogP contribution in [0.15, 0.2) is 15.4 Å². The fourth-order valence-corrected chi connectivity index (χ4v) is 4.19. The normalized spacial score (nSPS) is 18.3. The van der Waals surface area contributed by atoms with E-state index in [-0.39, 0.29) is 22.5 Å². The smallest absolute Gasteiger partial charge is 0.371 e. The summed E-state index contributed by atoms with van der Waals surface area (Å²) in [5, 5.41) is 8.83. The lowest BCUT2D eigenvalue weighted by molar-refractivity contribution is 0.0661. The highest BCUT2D eigenvalue weighted by Crippen LogP contribution is 2.29. The number of hydrogen-bond acceptors (Lipinski definition) is 4. The Morgan fingerprint density at radius 2 is 2.05 bits per heavy atom. The van der Waals surface area contributed by atoms with Crippen LogP contribution in [-0.2, 0) is 10.0 Å². The first-order chi connectivity index (χ1) is 9.31. The maximum Gasteiger partial charge on any atom is 0.371 e. The molecule has 1 fully saturated rings. The van der Waals surface area contributed by atoms with Gasteiger partial charge in [-0.25, -0.2) is 17.9 Å². The molecule has 0 amide bonds. The third kappa shape index (κ3) is 3.04. The van der Waals surface area contributed by atoms with E-state index in [0.717, 1.165) is 31.7 Å². The van der Waals surface area contributed by atoms with Gasteiger partial charge in [-0.3, -0.25) is 0 Å². The molecule has 2 N–H and O–H groups in total. The molecule has 20 heavy (non-hydrogen) atoms. The van der Waals surface area contributed by atoms with Crippen molar-refractivity contribution in [2.45, 2.75) is 50.5 Å². The third-order valence-corrected chi connectivity index (χ3v) is 5.49. The topological polar surface area (TPSA) is 96.6 Å². The van der Waals surface area contributed by atoms with E-state index in [0.29, 0.717) is 5.92 Å². The van der Waals surface area contributed by atoms with Crippen LogP contribution in [0.4, 0.5) is 0 Å². The van der Waals surface area contributed by atoms with Crippen molar-refractivity contribution in [3.05, 3.63) is 17.6 Å². The summed E-state index contributed by atoms with van der Waals surface area (Å²) in [5.41, 5.74) is 0. The standard InChI is InChI=1S/C13H19NO5S/c1-8(10-5-3-4-6-10)14-20(17,18)12-7-11(13(15)16)19-9(12)2/h7-8,10,14H,3-6H2,1-2H3,(H,15,16)/t8-/m1/s1. The van der Waals surface area contributed by atoms with Crippen molar-refractivity contribution in [3.63, 3.8) is 0 Å². The molecule has 0 aromatic carbocycles. The number of sulfonamides is 1. The number of carboxylic acids is 1. The molecule has 1 aliphatic rings. The van der Waals surface area contributed by atoms with E-state index in [4.69, 9.17) is 9.52 Å². The Morgan fingerprint density at radius 3 is 2.55 bits per heavy atom. The monoisotopic (exact) mass is 301 g/mol. The summed E-state index contributed by atoms with van der Waals surface area (Å²) in [4.78, 5) is 10.7. The second-order valence-electron chi connectivity index (χ2n) is 5.29. The molecule has 1 heterocycles. The molecule has 1 aliphatic carbocycles. The lowest BCUT2D eigenvalue weighted by Gasteiger charge is -2.19. The highest BCUT2D eigenvalue weighted by molar-refractivity contribution is 7.89. The molecule has 0 aliphatic heterocycles. The molecular weight excluding hydrogens is 282 g/mol. The average Bonchev–Trinajstić information content (AvgIpc) is 2.96. The predicted octanol–water partition coefficient (Wildman–Crippen LogP) is 2.14. The molecule has 0 saturated heterocycles. The Labute approximate surface area is 118 Å². The molecule has 0 spiro atoms. The first-order valence-electron chi connectivity index (χ1n) is 6.67. The minimum atomic E-state index is -3.75. The highest BCUT2D eigenvalue weighted by atomic mass is 32.2. The molecule has 6 nitrogen and oxygen atoms in total. The first-order valence-corrected chi connectivity index (χ1v) is 8.15. The average molecular weight is 301 g/mol. The lowest BCUT2D eigenvalue weighted by atomic mass is 10.0. The Bertz CT molecular complexity index is 598. The van der Waals surface area contributed by atoms with E-state index in [9.17, 15) is 13.2 Å². The number of carboxylic acid groups (broad SMARTS) is 1. The van der Waals surface area contributed by atoms with E-state index in [1.54, 1.807) is 0 Å². The molecule has 1 atom stereocenters. The molecule has 1 aromatic heterocycles. The second-order valence-corrected chi connectivity index (χ2v) is 6.97. The van der Waals surface area contributed by atoms with E-state index < -0.39 is 16.0 Å². The van der Waals surface area contributed by atoms with E-state index >= 15 is 0 Å². The van der Waals surface area contributed by atoms with Crippen molar-refractivity contribution in [1.82, 2.24) is 4.72 Å². The summed E-state index contributed by atoms with van der Waals surface area (Å²) in [6, 6.07) is 0.895. The van der Waals surface area contributed by atoms with Gasteiger partial charge < -0.3 is 9.52 Å². The minimum Gasteiger partial charge on any atom is -0.475 e. The van der Waals surface area contributed by atoms with Crippen molar-refractivity contribution in [3.8, 4) is 0 Å². The van der Waals surface area contributed by atoms with Crippen molar-refractivity contribution in [2.24, 2.45) is 5.92 Å². The zero-order chi connectivity index (χ0) is 14.9. The summed E-state index contributed by atoms with van der Waals surface area (Å²) >= 11 is 0. The first kappa shape index (κ1) is 15.1. The molecule has 1 saturated carbocycles. The van der Waals surface area contributed by atoms with Gasteiger partial charge in [-0.15, -0.1) is 0 Å². The minimum absolute atomic E-state index is 0.0912. The van der Waals surface area contributed by atoms with Crippen LogP contribution in [0.5, 0.6) is 0 Å². The van der Waals surface area contributed by atoms with Crippen LogP contribution < -0.4 is 4.72 Å². The van der Waals surface area contributed by atoms with Crippen molar-refractivity contribution in [2.75, 3.05) is 0 Å². The molecule has 112 valence electrons. The van der Waals surface area contributed by atoms with Crippen LogP contribution in [0.1, 0.15) is 48.9 Å². The molecule has 0 bridgehead atoms. The molecule has 1 aromatic rings. The number of furan rings is 1. The van der Waals surface area contributed by atoms with E-state index in [1.165, 1.54) is 6.92 Å². The Balaban J connectivity index is 2.19. The van der Waals surface area contributed by atoms with Gasteiger partial charge in [0.05, 0.1) is 0 Å². The Morgan fingerprint density at radius 1 is 1.45 bits per heavy atom. The zero-order valence-corrected chi connectivity index (χ0v) is 12.4. The van der Waals surface area contributed by atoms with Gasteiger partial charge in [-0.2, -0.15) is 0 Å². The fourth-order valence-electron chi connectivity index (χ4n) is 2.70. The van der Waals surface area contributed by atoms with Crippen LogP contribution in [0.2, 0.25) is 0 Å². The maximum absolute atomic E-state index is 12.3. The Hall–Kier alpha value is -1.34. The van der Waals surface area contributed by atoms with Crippen molar-refractivity contribution in [1.29, 1.82) is 0 Å². The van der Waals surface area contributed by atoms with Gasteiger partial charge in [0.25, 0.3) is 0 Å². The van der Waals surface area contributed by atoms with Crippen LogP contribution >= 0.6 is 0 Å². The van der Waals surface area contributed by atoms with Crippen LogP contribution in [0.3, 0.4) is 0 Å². The van der Waals surface area contributed by atoms with Gasteiger partial charge in [-0.1, -0.05) is 12.8 Å². The second kappa shape index (κ2) is 5.57. The van der Waals surface area contributed by atoms with Gasteiger partial charge in [0.2, 0.25) is 15.8 Å². The van der Waals surface area contributed by atoms with E-state index in [2.05, 4.69) is 4.72 Å². The zero-order valence-electron chi connectivity index (χ0n) is 11.5. The highest BCUT2D eigenvalue weighted by Gasteiger charge is 2.29. The van der Waals surface area contributed by atoms with Gasteiger partial charge in [0.15, 0.2) is 0 Å². The number of carbonyl (C=O) groups is 1. The molecule has 2 rings (SSSR count). The third-order valence-electron chi connectivity index (χ3n) is 3.82. The van der Waals surface area contributed by atoms with Gasteiger partial charge >= 0.3 is 5.97 Å². The van der Waals surface area contributed by atoms with Crippen molar-refractivity contribution < 1.29 is 22.7 Å². The predicted molar refractivity (Wildman–Crippen MR) is 72.1 cm³/mol. The lowest BCUT2D eigenvalue weighted by Crippen LogP contribution is -2.37. The number of nitrogens with one attached hydrogen (secondary N) is 1. The van der Waals surface area contributed by atoms with E-state index in [1.807, 2.05) is 6.92 Å². The molecular formula is C13H19NO5S. The summed E-state index contributed by atoms with van der Waals surface area (Å²) in [7, 11) is -3.75. The van der Waals surface area contributed by atoms with Crippen LogP contribution in [0, 0.1) is 12.8 Å². The molecule has 7 heteroatoms.